The summed E-state index contributed by atoms with van der Waals surface area (Å²) >= 11 is 0. The predicted octanol–water partition coefficient (Wildman–Crippen LogP) is 5.12. The minimum atomic E-state index is 0.0690. The minimum Gasteiger partial charge on any atom is -0.494 e. The second-order valence-electron chi connectivity index (χ2n) is 9.58. The molecule has 1 aromatic carbocycles. The molecular formula is C27H31N5O2. The highest BCUT2D eigenvalue weighted by atomic mass is 16.5. The standard InChI is InChI=1S/C27H31N5O2/c1-3-31-24-21(14-20(16-23(24)34-2)27(33)30-12-5-4-6-13-30)29-26(31)22-15-19-8-7-11-28-25(19)32(22)17-18-9-10-18/h7-8,11,14-16,18H,3-6,9-10,12-13,17H2,1-2H3. The Balaban J connectivity index is 1.52. The number of benzene rings is 1. The topological polar surface area (TPSA) is 65.2 Å². The number of rotatable bonds is 6. The van der Waals surface area contributed by atoms with E-state index in [2.05, 4.69) is 28.2 Å². The number of fused-ring (bicyclic) bond motifs is 2. The van der Waals surface area contributed by atoms with Crippen LogP contribution in [0.1, 0.15) is 49.4 Å². The van der Waals surface area contributed by atoms with Crippen LogP contribution < -0.4 is 4.74 Å². The third-order valence-corrected chi connectivity index (χ3v) is 7.26. The molecule has 3 aromatic heterocycles. The van der Waals surface area contributed by atoms with Crippen molar-refractivity contribution in [3.8, 4) is 17.3 Å². The first-order chi connectivity index (χ1) is 16.7. The first-order valence-electron chi connectivity index (χ1n) is 12.5. The third kappa shape index (κ3) is 3.54. The molecular weight excluding hydrogens is 426 g/mol. The Morgan fingerprint density at radius 2 is 1.94 bits per heavy atom. The molecule has 1 amide bonds. The van der Waals surface area contributed by atoms with Crippen LogP contribution in [0, 0.1) is 5.92 Å². The number of amides is 1. The van der Waals surface area contributed by atoms with Gasteiger partial charge in [-0.2, -0.15) is 0 Å². The first kappa shape index (κ1) is 21.2. The Bertz CT molecular complexity index is 1370. The van der Waals surface area contributed by atoms with Gasteiger partial charge in [-0.05, 0) is 75.3 Å². The van der Waals surface area contributed by atoms with Crippen molar-refractivity contribution in [1.29, 1.82) is 0 Å². The molecule has 1 aliphatic carbocycles. The average Bonchev–Trinajstić information content (AvgIpc) is 3.52. The summed E-state index contributed by atoms with van der Waals surface area (Å²) in [7, 11) is 1.67. The van der Waals surface area contributed by atoms with Crippen molar-refractivity contribution in [2.75, 3.05) is 20.2 Å². The van der Waals surface area contributed by atoms with Crippen LogP contribution in [0.15, 0.2) is 36.5 Å². The van der Waals surface area contributed by atoms with Gasteiger partial charge in [0.2, 0.25) is 0 Å². The molecule has 2 fully saturated rings. The van der Waals surface area contributed by atoms with Gasteiger partial charge >= 0.3 is 0 Å². The van der Waals surface area contributed by atoms with Crippen molar-refractivity contribution in [3.05, 3.63) is 42.1 Å². The normalized spacial score (nSPS) is 16.5. The summed E-state index contributed by atoms with van der Waals surface area (Å²) in [6.45, 7) is 5.48. The Hall–Kier alpha value is -3.35. The average molecular weight is 458 g/mol. The largest absolute Gasteiger partial charge is 0.494 e. The molecule has 34 heavy (non-hydrogen) atoms. The minimum absolute atomic E-state index is 0.0690. The van der Waals surface area contributed by atoms with E-state index in [1.165, 1.54) is 19.3 Å². The lowest BCUT2D eigenvalue weighted by atomic mass is 10.1. The lowest BCUT2D eigenvalue weighted by molar-refractivity contribution is 0.0724. The van der Waals surface area contributed by atoms with E-state index in [0.717, 1.165) is 72.6 Å². The summed E-state index contributed by atoms with van der Waals surface area (Å²) in [5.74, 6) is 2.37. The second kappa shape index (κ2) is 8.46. The number of piperidine rings is 1. The number of ether oxygens (including phenoxy) is 1. The number of carbonyl (C=O) groups is 1. The van der Waals surface area contributed by atoms with Crippen molar-refractivity contribution >= 4 is 28.0 Å². The van der Waals surface area contributed by atoms with E-state index < -0.39 is 0 Å². The van der Waals surface area contributed by atoms with Crippen molar-refractivity contribution in [3.63, 3.8) is 0 Å². The van der Waals surface area contributed by atoms with Crippen LogP contribution in [0.25, 0.3) is 33.6 Å². The number of likely N-dealkylation sites (tertiary alicyclic amines) is 1. The van der Waals surface area contributed by atoms with Crippen molar-refractivity contribution in [1.82, 2.24) is 24.0 Å². The molecule has 1 aliphatic heterocycles. The van der Waals surface area contributed by atoms with Gasteiger partial charge in [-0.25, -0.2) is 9.97 Å². The smallest absolute Gasteiger partial charge is 0.254 e. The molecule has 0 radical (unpaired) electrons. The van der Waals surface area contributed by atoms with E-state index in [1.54, 1.807) is 7.11 Å². The van der Waals surface area contributed by atoms with Crippen LogP contribution in [0.5, 0.6) is 5.75 Å². The van der Waals surface area contributed by atoms with E-state index in [4.69, 9.17) is 14.7 Å². The Labute approximate surface area is 199 Å². The van der Waals surface area contributed by atoms with Gasteiger partial charge in [0, 0.05) is 43.3 Å². The van der Waals surface area contributed by atoms with Crippen LogP contribution in [-0.2, 0) is 13.1 Å². The zero-order valence-corrected chi connectivity index (χ0v) is 20.0. The number of nitrogens with zero attached hydrogens (tertiary/aromatic N) is 5. The van der Waals surface area contributed by atoms with Gasteiger partial charge in [-0.15, -0.1) is 0 Å². The fraction of sp³-hybridized carbons (Fsp3) is 0.444. The fourth-order valence-electron chi connectivity index (χ4n) is 5.31. The van der Waals surface area contributed by atoms with Crippen LogP contribution in [0.4, 0.5) is 0 Å². The molecule has 2 aliphatic rings. The van der Waals surface area contributed by atoms with Gasteiger partial charge in [-0.1, -0.05) is 0 Å². The number of aromatic nitrogens is 4. The molecule has 0 atom stereocenters. The Morgan fingerprint density at radius 3 is 2.68 bits per heavy atom. The number of hydrogen-bond donors (Lipinski definition) is 0. The zero-order valence-electron chi connectivity index (χ0n) is 20.0. The van der Waals surface area contributed by atoms with E-state index in [-0.39, 0.29) is 5.91 Å². The summed E-state index contributed by atoms with van der Waals surface area (Å²) in [5, 5.41) is 1.13. The lowest BCUT2D eigenvalue weighted by Crippen LogP contribution is -2.35. The van der Waals surface area contributed by atoms with Crippen LogP contribution in [0.2, 0.25) is 0 Å². The lowest BCUT2D eigenvalue weighted by Gasteiger charge is -2.26. The maximum atomic E-state index is 13.3. The molecule has 176 valence electrons. The highest BCUT2D eigenvalue weighted by Crippen LogP contribution is 2.38. The summed E-state index contributed by atoms with van der Waals surface area (Å²) in [4.78, 5) is 25.0. The van der Waals surface area contributed by atoms with Gasteiger partial charge < -0.3 is 18.8 Å². The molecule has 0 unspecified atom stereocenters. The van der Waals surface area contributed by atoms with E-state index in [1.807, 2.05) is 29.3 Å². The first-order valence-corrected chi connectivity index (χ1v) is 12.5. The number of pyridine rings is 1. The highest BCUT2D eigenvalue weighted by molar-refractivity contribution is 6.00. The van der Waals surface area contributed by atoms with E-state index in [9.17, 15) is 4.79 Å². The van der Waals surface area contributed by atoms with Gasteiger partial charge in [-0.3, -0.25) is 4.79 Å². The summed E-state index contributed by atoms with van der Waals surface area (Å²) in [6.07, 6.45) is 7.73. The quantitative estimate of drug-likeness (QED) is 0.403. The Morgan fingerprint density at radius 1 is 1.12 bits per heavy atom. The third-order valence-electron chi connectivity index (χ3n) is 7.26. The molecule has 0 N–H and O–H groups in total. The van der Waals surface area contributed by atoms with Gasteiger partial charge in [0.15, 0.2) is 5.82 Å². The molecule has 0 spiro atoms. The number of hydrogen-bond acceptors (Lipinski definition) is 4. The van der Waals surface area contributed by atoms with Gasteiger partial charge in [0.05, 0.1) is 18.3 Å². The molecule has 7 heteroatoms. The fourth-order valence-corrected chi connectivity index (χ4v) is 5.31. The predicted molar refractivity (Wildman–Crippen MR) is 133 cm³/mol. The molecule has 7 nitrogen and oxygen atoms in total. The van der Waals surface area contributed by atoms with Crippen LogP contribution in [0.3, 0.4) is 0 Å². The Kier molecular flexibility index (Phi) is 5.27. The summed E-state index contributed by atoms with van der Waals surface area (Å²) in [5.41, 5.74) is 4.47. The summed E-state index contributed by atoms with van der Waals surface area (Å²) in [6, 6.07) is 10.1. The zero-order chi connectivity index (χ0) is 23.2. The van der Waals surface area contributed by atoms with Crippen molar-refractivity contribution in [2.45, 2.75) is 52.1 Å². The van der Waals surface area contributed by atoms with Gasteiger partial charge in [0.1, 0.15) is 16.9 Å². The van der Waals surface area contributed by atoms with Crippen LogP contribution >= 0.6 is 0 Å². The molecule has 4 heterocycles. The number of carbonyl (C=O) groups excluding carboxylic acids is 1. The number of aryl methyl sites for hydroxylation is 1. The maximum Gasteiger partial charge on any atom is 0.254 e. The second-order valence-corrected chi connectivity index (χ2v) is 9.58. The van der Waals surface area contributed by atoms with Crippen molar-refractivity contribution < 1.29 is 9.53 Å². The van der Waals surface area contributed by atoms with E-state index >= 15 is 0 Å². The number of imidazole rings is 1. The summed E-state index contributed by atoms with van der Waals surface area (Å²) < 4.78 is 10.3. The van der Waals surface area contributed by atoms with Gasteiger partial charge in [0.25, 0.3) is 5.91 Å². The van der Waals surface area contributed by atoms with Crippen LogP contribution in [-0.4, -0.2) is 50.1 Å². The maximum absolute atomic E-state index is 13.3. The van der Waals surface area contributed by atoms with Crippen molar-refractivity contribution in [2.24, 2.45) is 5.92 Å². The molecule has 4 aromatic rings. The SMILES string of the molecule is CCn1c(-c2cc3cccnc3n2CC2CC2)nc2cc(C(=O)N3CCCCC3)cc(OC)c21. The highest BCUT2D eigenvalue weighted by Gasteiger charge is 2.27. The monoisotopic (exact) mass is 457 g/mol. The molecule has 1 saturated carbocycles. The molecule has 0 bridgehead atoms. The van der Waals surface area contributed by atoms with E-state index in [0.29, 0.717) is 17.2 Å². The number of methoxy groups -OCH3 is 1. The molecule has 6 rings (SSSR count). The molecule has 1 saturated heterocycles.